The number of nitrogens with one attached hydrogen (secondary N) is 1. The molecular formula is C10H9BrClF2NO2. The second-order valence-corrected chi connectivity index (χ2v) is 4.63. The van der Waals surface area contributed by atoms with Gasteiger partial charge in [-0.05, 0) is 6.07 Å². The van der Waals surface area contributed by atoms with Gasteiger partial charge in [0, 0.05) is 12.6 Å². The van der Waals surface area contributed by atoms with E-state index in [-0.39, 0.29) is 17.3 Å². The van der Waals surface area contributed by atoms with E-state index >= 15 is 0 Å². The largest absolute Gasteiger partial charge is 0.468 e. The molecule has 3 nitrogen and oxygen atoms in total. The normalized spacial score (nSPS) is 12.1. The summed E-state index contributed by atoms with van der Waals surface area (Å²) in [6.07, 6.45) is 0. The third-order valence-electron chi connectivity index (χ3n) is 1.92. The van der Waals surface area contributed by atoms with E-state index in [4.69, 9.17) is 11.6 Å². The van der Waals surface area contributed by atoms with Crippen LogP contribution in [0.4, 0.5) is 14.5 Å². The van der Waals surface area contributed by atoms with Gasteiger partial charge in [-0.2, -0.15) is 0 Å². The standard InChI is InChI=1S/C10H9BrClF2NO2/c1-17-10(16)6(11)4-15-9-7(12)2-5(13)3-8(9)14/h2-3,6,15H,4H2,1H3. The maximum atomic E-state index is 13.3. The minimum atomic E-state index is -0.820. The topological polar surface area (TPSA) is 38.3 Å². The maximum absolute atomic E-state index is 13.3. The molecule has 94 valence electrons. The third kappa shape index (κ3) is 3.81. The van der Waals surface area contributed by atoms with Gasteiger partial charge < -0.3 is 10.1 Å². The number of hydrogen-bond donors (Lipinski definition) is 1. The van der Waals surface area contributed by atoms with Gasteiger partial charge in [0.1, 0.15) is 10.6 Å². The van der Waals surface area contributed by atoms with Crippen LogP contribution in [0.3, 0.4) is 0 Å². The number of rotatable bonds is 4. The van der Waals surface area contributed by atoms with Crippen LogP contribution in [0, 0.1) is 11.6 Å². The molecule has 0 radical (unpaired) electrons. The van der Waals surface area contributed by atoms with Crippen molar-refractivity contribution in [2.45, 2.75) is 4.83 Å². The Kier molecular flexibility index (Phi) is 5.14. The summed E-state index contributed by atoms with van der Waals surface area (Å²) in [5.74, 6) is -2.09. The molecule has 0 bridgehead atoms. The molecule has 0 aliphatic rings. The van der Waals surface area contributed by atoms with Gasteiger partial charge in [-0.1, -0.05) is 27.5 Å². The Morgan fingerprint density at radius 2 is 2.24 bits per heavy atom. The number of methoxy groups -OCH3 is 1. The van der Waals surface area contributed by atoms with Crippen molar-refractivity contribution in [2.75, 3.05) is 19.0 Å². The Labute approximate surface area is 110 Å². The van der Waals surface area contributed by atoms with Gasteiger partial charge in [0.15, 0.2) is 5.82 Å². The van der Waals surface area contributed by atoms with Gasteiger partial charge in [-0.25, -0.2) is 8.78 Å². The van der Waals surface area contributed by atoms with Crippen molar-refractivity contribution in [3.63, 3.8) is 0 Å². The fourth-order valence-electron chi connectivity index (χ4n) is 1.11. The van der Waals surface area contributed by atoms with Gasteiger partial charge in [0.2, 0.25) is 0 Å². The van der Waals surface area contributed by atoms with Crippen LogP contribution in [0.5, 0.6) is 0 Å². The first-order valence-electron chi connectivity index (χ1n) is 4.56. The SMILES string of the molecule is COC(=O)C(Br)CNc1c(F)cc(F)cc1Cl. The quantitative estimate of drug-likeness (QED) is 0.682. The maximum Gasteiger partial charge on any atom is 0.321 e. The highest BCUT2D eigenvalue weighted by Gasteiger charge is 2.17. The van der Waals surface area contributed by atoms with E-state index in [1.165, 1.54) is 7.11 Å². The summed E-state index contributed by atoms with van der Waals surface area (Å²) in [7, 11) is 1.24. The number of benzene rings is 1. The summed E-state index contributed by atoms with van der Waals surface area (Å²) >= 11 is 8.71. The molecule has 1 aromatic carbocycles. The lowest BCUT2D eigenvalue weighted by molar-refractivity contribution is -0.139. The van der Waals surface area contributed by atoms with Gasteiger partial charge >= 0.3 is 5.97 Å². The fraction of sp³-hybridized carbons (Fsp3) is 0.300. The van der Waals surface area contributed by atoms with E-state index in [1.807, 2.05) is 0 Å². The first kappa shape index (κ1) is 14.2. The monoisotopic (exact) mass is 327 g/mol. The fourth-order valence-corrected chi connectivity index (χ4v) is 1.72. The van der Waals surface area contributed by atoms with Crippen LogP contribution in [0.2, 0.25) is 5.02 Å². The number of carbonyl (C=O) groups is 1. The lowest BCUT2D eigenvalue weighted by Gasteiger charge is -2.12. The van der Waals surface area contributed by atoms with E-state index in [0.29, 0.717) is 6.07 Å². The molecule has 0 saturated carbocycles. The molecular weight excluding hydrogens is 319 g/mol. The van der Waals surface area contributed by atoms with Crippen molar-refractivity contribution in [1.82, 2.24) is 0 Å². The number of esters is 1. The highest BCUT2D eigenvalue weighted by Crippen LogP contribution is 2.26. The summed E-state index contributed by atoms with van der Waals surface area (Å²) in [5.41, 5.74) is -0.0542. The zero-order valence-corrected chi connectivity index (χ0v) is 11.1. The molecule has 17 heavy (non-hydrogen) atoms. The summed E-state index contributed by atoms with van der Waals surface area (Å²) in [6.45, 7) is 0.0644. The molecule has 7 heteroatoms. The van der Waals surface area contributed by atoms with E-state index < -0.39 is 22.4 Å². The summed E-state index contributed by atoms with van der Waals surface area (Å²) in [6, 6.07) is 1.68. The molecule has 1 rings (SSSR count). The Morgan fingerprint density at radius 3 is 2.76 bits per heavy atom. The minimum Gasteiger partial charge on any atom is -0.468 e. The van der Waals surface area contributed by atoms with E-state index in [9.17, 15) is 13.6 Å². The average Bonchev–Trinajstić information content (AvgIpc) is 2.26. The molecule has 0 aromatic heterocycles. The van der Waals surface area contributed by atoms with Gasteiger partial charge in [-0.15, -0.1) is 0 Å². The van der Waals surface area contributed by atoms with Crippen molar-refractivity contribution >= 4 is 39.2 Å². The molecule has 0 heterocycles. The molecule has 1 unspecified atom stereocenters. The summed E-state index contributed by atoms with van der Waals surface area (Å²) < 4.78 is 30.5. The third-order valence-corrected chi connectivity index (χ3v) is 2.92. The molecule has 1 aromatic rings. The Balaban J connectivity index is 2.73. The number of alkyl halides is 1. The Morgan fingerprint density at radius 1 is 1.59 bits per heavy atom. The van der Waals surface area contributed by atoms with Crippen LogP contribution in [0.15, 0.2) is 12.1 Å². The lowest BCUT2D eigenvalue weighted by Crippen LogP contribution is -2.24. The second kappa shape index (κ2) is 6.16. The first-order chi connectivity index (χ1) is 7.95. The molecule has 0 aliphatic heterocycles. The Hall–Kier alpha value is -0.880. The van der Waals surface area contributed by atoms with Crippen molar-refractivity contribution in [3.8, 4) is 0 Å². The predicted molar refractivity (Wildman–Crippen MR) is 64.6 cm³/mol. The van der Waals surface area contributed by atoms with Crippen LogP contribution in [-0.4, -0.2) is 24.5 Å². The Bertz CT molecular complexity index is 408. The highest BCUT2D eigenvalue weighted by atomic mass is 79.9. The van der Waals surface area contributed by atoms with Crippen LogP contribution < -0.4 is 5.32 Å². The molecule has 0 spiro atoms. The summed E-state index contributed by atoms with van der Waals surface area (Å²) in [4.78, 5) is 10.4. The number of anilines is 1. The van der Waals surface area contributed by atoms with Crippen molar-refractivity contribution in [2.24, 2.45) is 0 Å². The number of carbonyl (C=O) groups excluding carboxylic acids is 1. The molecule has 0 aliphatic carbocycles. The zero-order valence-electron chi connectivity index (χ0n) is 8.77. The van der Waals surface area contributed by atoms with Crippen LogP contribution in [0.1, 0.15) is 0 Å². The van der Waals surface area contributed by atoms with Gasteiger partial charge in [0.25, 0.3) is 0 Å². The molecule has 1 atom stereocenters. The van der Waals surface area contributed by atoms with Crippen LogP contribution >= 0.6 is 27.5 Å². The first-order valence-corrected chi connectivity index (χ1v) is 5.85. The number of ether oxygens (including phenoxy) is 1. The van der Waals surface area contributed by atoms with Crippen LogP contribution in [-0.2, 0) is 9.53 Å². The number of halogens is 4. The van der Waals surface area contributed by atoms with Crippen molar-refractivity contribution < 1.29 is 18.3 Å². The van der Waals surface area contributed by atoms with E-state index in [2.05, 4.69) is 26.0 Å². The second-order valence-electron chi connectivity index (χ2n) is 3.12. The lowest BCUT2D eigenvalue weighted by atomic mass is 10.3. The average molecular weight is 329 g/mol. The zero-order chi connectivity index (χ0) is 13.0. The number of hydrogen-bond acceptors (Lipinski definition) is 3. The minimum absolute atomic E-state index is 0.0542. The van der Waals surface area contributed by atoms with E-state index in [1.54, 1.807) is 0 Å². The van der Waals surface area contributed by atoms with Crippen molar-refractivity contribution in [3.05, 3.63) is 28.8 Å². The van der Waals surface area contributed by atoms with Crippen LogP contribution in [0.25, 0.3) is 0 Å². The van der Waals surface area contributed by atoms with E-state index in [0.717, 1.165) is 6.07 Å². The molecule has 0 saturated heterocycles. The highest BCUT2D eigenvalue weighted by molar-refractivity contribution is 9.10. The molecule has 1 N–H and O–H groups in total. The smallest absolute Gasteiger partial charge is 0.321 e. The van der Waals surface area contributed by atoms with Crippen molar-refractivity contribution in [1.29, 1.82) is 0 Å². The van der Waals surface area contributed by atoms with Gasteiger partial charge in [0.05, 0.1) is 17.8 Å². The molecule has 0 amide bonds. The predicted octanol–water partition coefficient (Wildman–Crippen LogP) is 2.97. The van der Waals surface area contributed by atoms with Gasteiger partial charge in [-0.3, -0.25) is 4.79 Å². The molecule has 0 fully saturated rings. The summed E-state index contributed by atoms with van der Waals surface area (Å²) in [5, 5.41) is 2.51.